The van der Waals surface area contributed by atoms with E-state index >= 15 is 0 Å². The van der Waals surface area contributed by atoms with E-state index in [1.54, 1.807) is 13.8 Å². The van der Waals surface area contributed by atoms with Crippen LogP contribution in [0.15, 0.2) is 0 Å². The second-order valence-corrected chi connectivity index (χ2v) is 9.23. The number of imide groups is 1. The number of carbonyl (C=O) groups excluding carboxylic acids is 3. The van der Waals surface area contributed by atoms with Crippen molar-refractivity contribution in [3.8, 4) is 0 Å². The summed E-state index contributed by atoms with van der Waals surface area (Å²) < 4.78 is 5.62. The zero-order chi connectivity index (χ0) is 17.8. The van der Waals surface area contributed by atoms with Gasteiger partial charge in [-0.1, -0.05) is 13.8 Å². The average molecular weight is 347 g/mol. The first kappa shape index (κ1) is 17.0. The van der Waals surface area contributed by atoms with Crippen molar-refractivity contribution in [2.75, 3.05) is 13.2 Å². The molecule has 0 N–H and O–H groups in total. The fraction of sp³-hybridized carbons (Fsp3) is 0.850. The van der Waals surface area contributed by atoms with E-state index in [0.717, 1.165) is 17.8 Å². The standard InChI is InChI=1S/C20H29NO4/c1-12-13(2)19(24)21(18(12)23)4-3-17(22)25-11-20-8-14-5-15(9-20)7-16(6-14)10-20/h12-16H,3-11H2,1-2H3. The Bertz CT molecular complexity index is 543. The Morgan fingerprint density at radius 2 is 1.48 bits per heavy atom. The third-order valence-corrected chi connectivity index (χ3v) is 7.31. The molecular formula is C20H29NO4. The highest BCUT2D eigenvalue weighted by molar-refractivity contribution is 6.04. The van der Waals surface area contributed by atoms with E-state index in [4.69, 9.17) is 4.74 Å². The highest BCUT2D eigenvalue weighted by Crippen LogP contribution is 2.60. The number of esters is 1. The maximum absolute atomic E-state index is 12.2. The Hall–Kier alpha value is -1.39. The van der Waals surface area contributed by atoms with Crippen LogP contribution in [-0.2, 0) is 19.1 Å². The van der Waals surface area contributed by atoms with E-state index in [1.165, 1.54) is 43.4 Å². The van der Waals surface area contributed by atoms with Crippen LogP contribution in [0.2, 0.25) is 0 Å². The molecule has 2 amide bonds. The summed E-state index contributed by atoms with van der Waals surface area (Å²) in [6, 6.07) is 0. The Morgan fingerprint density at radius 1 is 1.00 bits per heavy atom. The van der Waals surface area contributed by atoms with E-state index < -0.39 is 0 Å². The van der Waals surface area contributed by atoms with Crippen LogP contribution in [0.25, 0.3) is 0 Å². The van der Waals surface area contributed by atoms with Gasteiger partial charge in [0.25, 0.3) is 0 Å². The molecule has 4 saturated carbocycles. The Labute approximate surface area is 149 Å². The van der Waals surface area contributed by atoms with Gasteiger partial charge in [0.15, 0.2) is 0 Å². The number of likely N-dealkylation sites (tertiary alicyclic amines) is 1. The molecule has 5 rings (SSSR count). The molecule has 2 atom stereocenters. The molecule has 0 radical (unpaired) electrons. The zero-order valence-electron chi connectivity index (χ0n) is 15.3. The van der Waals surface area contributed by atoms with Crippen LogP contribution in [0.1, 0.15) is 58.8 Å². The van der Waals surface area contributed by atoms with Gasteiger partial charge in [-0.15, -0.1) is 0 Å². The van der Waals surface area contributed by atoms with Crippen LogP contribution >= 0.6 is 0 Å². The molecular weight excluding hydrogens is 318 g/mol. The quantitative estimate of drug-likeness (QED) is 0.567. The summed E-state index contributed by atoms with van der Waals surface area (Å²) in [7, 11) is 0. The van der Waals surface area contributed by atoms with Crippen LogP contribution in [0, 0.1) is 35.0 Å². The minimum absolute atomic E-state index is 0.114. The number of rotatable bonds is 5. The maximum atomic E-state index is 12.2. The van der Waals surface area contributed by atoms with E-state index in [-0.39, 0.29) is 48.0 Å². The maximum Gasteiger partial charge on any atom is 0.307 e. The molecule has 1 saturated heterocycles. The molecule has 4 bridgehead atoms. The monoisotopic (exact) mass is 347 g/mol. The molecule has 25 heavy (non-hydrogen) atoms. The summed E-state index contributed by atoms with van der Waals surface area (Å²) in [5.41, 5.74) is 0.215. The molecule has 4 aliphatic carbocycles. The number of nitrogens with zero attached hydrogens (tertiary/aromatic N) is 1. The van der Waals surface area contributed by atoms with Crippen molar-refractivity contribution in [1.29, 1.82) is 0 Å². The summed E-state index contributed by atoms with van der Waals surface area (Å²) >= 11 is 0. The Morgan fingerprint density at radius 3 is 1.96 bits per heavy atom. The van der Waals surface area contributed by atoms with Crippen molar-refractivity contribution in [1.82, 2.24) is 4.90 Å². The van der Waals surface area contributed by atoms with Gasteiger partial charge in [0.1, 0.15) is 0 Å². The number of carbonyl (C=O) groups is 3. The van der Waals surface area contributed by atoms with Gasteiger partial charge in [0.2, 0.25) is 11.8 Å². The highest BCUT2D eigenvalue weighted by atomic mass is 16.5. The largest absolute Gasteiger partial charge is 0.465 e. The van der Waals surface area contributed by atoms with E-state index in [2.05, 4.69) is 0 Å². The molecule has 5 fully saturated rings. The molecule has 5 heteroatoms. The summed E-state index contributed by atoms with van der Waals surface area (Å²) in [5, 5.41) is 0. The molecule has 0 aromatic heterocycles. The topological polar surface area (TPSA) is 63.7 Å². The van der Waals surface area contributed by atoms with Crippen molar-refractivity contribution in [2.24, 2.45) is 35.0 Å². The van der Waals surface area contributed by atoms with Crippen molar-refractivity contribution in [3.63, 3.8) is 0 Å². The molecule has 5 aliphatic rings. The lowest BCUT2D eigenvalue weighted by Crippen LogP contribution is -2.48. The van der Waals surface area contributed by atoms with Gasteiger partial charge in [0.05, 0.1) is 13.0 Å². The summed E-state index contributed by atoms with van der Waals surface area (Å²) in [4.78, 5) is 37.6. The van der Waals surface area contributed by atoms with Crippen LogP contribution in [0.5, 0.6) is 0 Å². The van der Waals surface area contributed by atoms with Crippen molar-refractivity contribution in [2.45, 2.75) is 58.8 Å². The molecule has 1 aliphatic heterocycles. The van der Waals surface area contributed by atoms with Gasteiger partial charge in [0, 0.05) is 23.8 Å². The third-order valence-electron chi connectivity index (χ3n) is 7.31. The predicted molar refractivity (Wildman–Crippen MR) is 91.2 cm³/mol. The first-order valence-corrected chi connectivity index (χ1v) is 9.88. The minimum Gasteiger partial charge on any atom is -0.465 e. The van der Waals surface area contributed by atoms with Crippen LogP contribution < -0.4 is 0 Å². The van der Waals surface area contributed by atoms with Crippen LogP contribution in [0.3, 0.4) is 0 Å². The first-order chi connectivity index (χ1) is 11.9. The number of amides is 2. The van der Waals surface area contributed by atoms with E-state index in [1.807, 2.05) is 0 Å². The normalized spacial score (nSPS) is 42.3. The average Bonchev–Trinajstić information content (AvgIpc) is 2.74. The van der Waals surface area contributed by atoms with Crippen molar-refractivity contribution in [3.05, 3.63) is 0 Å². The highest BCUT2D eigenvalue weighted by Gasteiger charge is 2.51. The second kappa shape index (κ2) is 6.10. The molecule has 5 nitrogen and oxygen atoms in total. The number of hydrogen-bond acceptors (Lipinski definition) is 4. The van der Waals surface area contributed by atoms with Gasteiger partial charge in [-0.2, -0.15) is 0 Å². The van der Waals surface area contributed by atoms with Gasteiger partial charge in [-0.25, -0.2) is 0 Å². The van der Waals surface area contributed by atoms with Crippen molar-refractivity contribution < 1.29 is 19.1 Å². The summed E-state index contributed by atoms with van der Waals surface area (Å²) in [6.45, 7) is 4.24. The smallest absolute Gasteiger partial charge is 0.307 e. The Kier molecular flexibility index (Phi) is 4.16. The van der Waals surface area contributed by atoms with Crippen LogP contribution in [-0.4, -0.2) is 35.8 Å². The molecule has 138 valence electrons. The van der Waals surface area contributed by atoms with Gasteiger partial charge >= 0.3 is 5.97 Å². The Balaban J connectivity index is 1.28. The first-order valence-electron chi connectivity index (χ1n) is 9.88. The molecule has 0 aromatic carbocycles. The summed E-state index contributed by atoms with van der Waals surface area (Å²) in [6.07, 6.45) is 7.89. The van der Waals surface area contributed by atoms with E-state index in [9.17, 15) is 14.4 Å². The van der Waals surface area contributed by atoms with Gasteiger partial charge < -0.3 is 4.74 Å². The molecule has 2 unspecified atom stereocenters. The fourth-order valence-corrected chi connectivity index (χ4v) is 6.22. The summed E-state index contributed by atoms with van der Waals surface area (Å²) in [5.74, 6) is 1.36. The molecule has 0 aromatic rings. The van der Waals surface area contributed by atoms with Gasteiger partial charge in [-0.3, -0.25) is 19.3 Å². The molecule has 0 spiro atoms. The predicted octanol–water partition coefficient (Wildman–Crippen LogP) is 2.78. The van der Waals surface area contributed by atoms with Gasteiger partial charge in [-0.05, 0) is 56.3 Å². The SMILES string of the molecule is CC1C(=O)N(CCC(=O)OCC23CC4CC(CC(C4)C2)C3)C(=O)C1C. The number of ether oxygens (including phenoxy) is 1. The third kappa shape index (κ3) is 3.00. The minimum atomic E-state index is -0.282. The zero-order valence-corrected chi connectivity index (χ0v) is 15.3. The van der Waals surface area contributed by atoms with Crippen LogP contribution in [0.4, 0.5) is 0 Å². The second-order valence-electron chi connectivity index (χ2n) is 9.23. The van der Waals surface area contributed by atoms with E-state index in [0.29, 0.717) is 6.61 Å². The lowest BCUT2D eigenvalue weighted by Gasteiger charge is -2.56. The lowest BCUT2D eigenvalue weighted by molar-refractivity contribution is -0.156. The lowest BCUT2D eigenvalue weighted by atomic mass is 9.50. The molecule has 1 heterocycles. The fourth-order valence-electron chi connectivity index (χ4n) is 6.22. The van der Waals surface area contributed by atoms with Crippen molar-refractivity contribution >= 4 is 17.8 Å². The number of hydrogen-bond donors (Lipinski definition) is 0.